The molecule has 1 aromatic rings. The minimum Gasteiger partial charge on any atom is -0.378 e. The van der Waals surface area contributed by atoms with Gasteiger partial charge in [0.05, 0.1) is 7.59 Å². The molecule has 0 saturated carbocycles. The summed E-state index contributed by atoms with van der Waals surface area (Å²) in [6.45, 7) is 12.5. The Balaban J connectivity index is 3.07. The molecule has 0 aliphatic rings. The Kier molecular flexibility index (Phi) is 3.70. The van der Waals surface area contributed by atoms with E-state index in [0.29, 0.717) is 0 Å². The molecule has 0 aromatic heterocycles. The molecule has 0 aliphatic carbocycles. The zero-order chi connectivity index (χ0) is 12.6. The van der Waals surface area contributed by atoms with Crippen molar-refractivity contribution in [2.24, 2.45) is 0 Å². The van der Waals surface area contributed by atoms with Gasteiger partial charge >= 0.3 is 0 Å². The number of hydrogen-bond acceptors (Lipinski definition) is 1. The standard InChI is InChI=1S/C13H25NSi2/c1-14(2)12-8-10-13(11-9-12)16(6,7)15(3,4)5/h8-11H,1-7H3. The van der Waals surface area contributed by atoms with Gasteiger partial charge in [0.15, 0.2) is 0 Å². The predicted molar refractivity (Wildman–Crippen MR) is 81.2 cm³/mol. The lowest BCUT2D eigenvalue weighted by Gasteiger charge is -2.36. The lowest BCUT2D eigenvalue weighted by Crippen LogP contribution is -2.61. The molecule has 90 valence electrons. The van der Waals surface area contributed by atoms with Gasteiger partial charge in [-0.05, 0) is 12.1 Å². The summed E-state index contributed by atoms with van der Waals surface area (Å²) in [6, 6.07) is 9.20. The molecule has 0 fully saturated rings. The van der Waals surface area contributed by atoms with Crippen LogP contribution >= 0.6 is 0 Å². The van der Waals surface area contributed by atoms with Crippen LogP contribution in [0.5, 0.6) is 0 Å². The second-order valence-corrected chi connectivity index (χ2v) is 22.9. The van der Waals surface area contributed by atoms with Gasteiger partial charge in [0.25, 0.3) is 0 Å². The van der Waals surface area contributed by atoms with Crippen molar-refractivity contribution in [1.82, 2.24) is 0 Å². The maximum atomic E-state index is 2.52. The average molecular weight is 252 g/mol. The van der Waals surface area contributed by atoms with Crippen LogP contribution in [0.2, 0.25) is 32.7 Å². The number of anilines is 1. The summed E-state index contributed by atoms with van der Waals surface area (Å²) in [7, 11) is 1.92. The monoisotopic (exact) mass is 251 g/mol. The SMILES string of the molecule is CN(C)c1ccc([Si](C)(C)[Si](C)(C)C)cc1. The van der Waals surface area contributed by atoms with Crippen LogP contribution in [0.3, 0.4) is 0 Å². The normalized spacial score (nSPS) is 12.7. The van der Waals surface area contributed by atoms with Crippen molar-refractivity contribution in [3.05, 3.63) is 24.3 Å². The van der Waals surface area contributed by atoms with Crippen molar-refractivity contribution in [3.8, 4) is 0 Å². The molecule has 0 unspecified atom stereocenters. The lowest BCUT2D eigenvalue weighted by molar-refractivity contribution is 1.13. The molecule has 3 heteroatoms. The van der Waals surface area contributed by atoms with Gasteiger partial charge in [-0.25, -0.2) is 0 Å². The van der Waals surface area contributed by atoms with Crippen LogP contribution < -0.4 is 10.1 Å². The van der Waals surface area contributed by atoms with Crippen molar-refractivity contribution in [2.75, 3.05) is 19.0 Å². The summed E-state index contributed by atoms with van der Waals surface area (Å²) in [4.78, 5) is 2.16. The summed E-state index contributed by atoms with van der Waals surface area (Å²) >= 11 is 0. The van der Waals surface area contributed by atoms with E-state index < -0.39 is 15.2 Å². The predicted octanol–water partition coefficient (Wildman–Crippen LogP) is 3.08. The van der Waals surface area contributed by atoms with Crippen LogP contribution in [0.1, 0.15) is 0 Å². The van der Waals surface area contributed by atoms with Crippen LogP contribution in [0, 0.1) is 0 Å². The quantitative estimate of drug-likeness (QED) is 0.746. The molecular formula is C13H25NSi2. The molecule has 1 nitrogen and oxygen atoms in total. The van der Waals surface area contributed by atoms with Crippen LogP contribution in [-0.4, -0.2) is 29.3 Å². The van der Waals surface area contributed by atoms with Gasteiger partial charge in [0, 0.05) is 27.4 Å². The van der Waals surface area contributed by atoms with E-state index in [-0.39, 0.29) is 0 Å². The van der Waals surface area contributed by atoms with E-state index in [4.69, 9.17) is 0 Å². The van der Waals surface area contributed by atoms with Crippen molar-refractivity contribution < 1.29 is 0 Å². The zero-order valence-electron chi connectivity index (χ0n) is 11.8. The fourth-order valence-corrected chi connectivity index (χ4v) is 6.57. The second-order valence-electron chi connectivity index (χ2n) is 6.32. The van der Waals surface area contributed by atoms with Crippen LogP contribution in [-0.2, 0) is 0 Å². The molecule has 0 atom stereocenters. The molecule has 1 aromatic carbocycles. The van der Waals surface area contributed by atoms with E-state index in [1.807, 2.05) is 0 Å². The molecule has 0 radical (unpaired) electrons. The van der Waals surface area contributed by atoms with E-state index in [9.17, 15) is 0 Å². The summed E-state index contributed by atoms with van der Waals surface area (Å²) < 4.78 is 0. The van der Waals surface area contributed by atoms with Gasteiger partial charge in [-0.15, -0.1) is 0 Å². The van der Waals surface area contributed by atoms with Crippen LogP contribution in [0.4, 0.5) is 5.69 Å². The summed E-state index contributed by atoms with van der Waals surface area (Å²) in [5, 5.41) is 1.61. The number of rotatable bonds is 3. The lowest BCUT2D eigenvalue weighted by atomic mass is 10.3. The van der Waals surface area contributed by atoms with Gasteiger partial charge in [-0.2, -0.15) is 0 Å². The Morgan fingerprint density at radius 1 is 0.812 bits per heavy atom. The molecule has 0 amide bonds. The Bertz CT molecular complexity index is 347. The molecule has 0 aliphatic heterocycles. The summed E-state index contributed by atoms with van der Waals surface area (Å²) in [6.07, 6.45) is 0. The van der Waals surface area contributed by atoms with E-state index >= 15 is 0 Å². The molecule has 0 bridgehead atoms. The van der Waals surface area contributed by atoms with Crippen molar-refractivity contribution in [1.29, 1.82) is 0 Å². The van der Waals surface area contributed by atoms with Gasteiger partial charge in [-0.3, -0.25) is 0 Å². The van der Waals surface area contributed by atoms with Crippen LogP contribution in [0.15, 0.2) is 24.3 Å². The third-order valence-corrected chi connectivity index (χ3v) is 21.6. The first-order valence-corrected chi connectivity index (χ1v) is 13.4. The molecule has 0 N–H and O–H groups in total. The smallest absolute Gasteiger partial charge is 0.0736 e. The highest BCUT2D eigenvalue weighted by atomic mass is 29.3. The van der Waals surface area contributed by atoms with Crippen LogP contribution in [0.25, 0.3) is 0 Å². The van der Waals surface area contributed by atoms with E-state index in [1.54, 1.807) is 5.19 Å². The minimum absolute atomic E-state index is 1.04. The first-order chi connectivity index (χ1) is 7.16. The highest BCUT2D eigenvalue weighted by molar-refractivity contribution is 7.45. The Hall–Kier alpha value is -0.546. The van der Waals surface area contributed by atoms with Gasteiger partial charge < -0.3 is 4.90 Å². The molecule has 16 heavy (non-hydrogen) atoms. The molecule has 0 spiro atoms. The highest BCUT2D eigenvalue weighted by Gasteiger charge is 2.38. The second kappa shape index (κ2) is 4.37. The zero-order valence-corrected chi connectivity index (χ0v) is 13.8. The first-order valence-electron chi connectivity index (χ1n) is 5.94. The van der Waals surface area contributed by atoms with Crippen molar-refractivity contribution in [3.63, 3.8) is 0 Å². The Morgan fingerprint density at radius 3 is 1.56 bits per heavy atom. The fraction of sp³-hybridized carbons (Fsp3) is 0.538. The molecule has 0 saturated heterocycles. The summed E-state index contributed by atoms with van der Waals surface area (Å²) in [5.74, 6) is 0. The Labute approximate surface area is 102 Å². The first kappa shape index (κ1) is 13.5. The number of nitrogens with zero attached hydrogens (tertiary/aromatic N) is 1. The minimum atomic E-state index is -1.22. The summed E-state index contributed by atoms with van der Waals surface area (Å²) in [5.41, 5.74) is 1.30. The molecule has 0 heterocycles. The molecule has 1 rings (SSSR count). The van der Waals surface area contributed by atoms with Gasteiger partial charge in [0.1, 0.15) is 0 Å². The number of hydrogen-bond donors (Lipinski definition) is 0. The third kappa shape index (κ3) is 2.58. The third-order valence-electron chi connectivity index (χ3n) is 3.98. The largest absolute Gasteiger partial charge is 0.378 e. The van der Waals surface area contributed by atoms with Crippen molar-refractivity contribution in [2.45, 2.75) is 32.7 Å². The van der Waals surface area contributed by atoms with Gasteiger partial charge in [0.2, 0.25) is 0 Å². The maximum Gasteiger partial charge on any atom is 0.0736 e. The Morgan fingerprint density at radius 2 is 1.25 bits per heavy atom. The molecular weight excluding hydrogens is 226 g/mol. The van der Waals surface area contributed by atoms with Crippen molar-refractivity contribution >= 4 is 26.1 Å². The van der Waals surface area contributed by atoms with E-state index in [1.165, 1.54) is 5.69 Å². The fourth-order valence-electron chi connectivity index (χ4n) is 1.61. The number of benzene rings is 1. The van der Waals surface area contributed by atoms with E-state index in [0.717, 1.165) is 0 Å². The topological polar surface area (TPSA) is 3.24 Å². The average Bonchev–Trinajstić information content (AvgIpc) is 2.16. The highest BCUT2D eigenvalue weighted by Crippen LogP contribution is 2.20. The maximum absolute atomic E-state index is 2.52. The van der Waals surface area contributed by atoms with E-state index in [2.05, 4.69) is 76.0 Å². The van der Waals surface area contributed by atoms with Gasteiger partial charge in [-0.1, -0.05) is 50.1 Å².